The third-order valence-electron chi connectivity index (χ3n) is 7.51. The summed E-state index contributed by atoms with van der Waals surface area (Å²) in [6, 6.07) is 17.8. The summed E-state index contributed by atoms with van der Waals surface area (Å²) < 4.78 is 5.80. The monoisotopic (exact) mass is 460 g/mol. The molecule has 2 aromatic rings. The van der Waals surface area contributed by atoms with E-state index in [4.69, 9.17) is 4.74 Å². The first-order valence-corrected chi connectivity index (χ1v) is 12.3. The van der Waals surface area contributed by atoms with Crippen LogP contribution in [0.15, 0.2) is 54.6 Å². The van der Waals surface area contributed by atoms with Gasteiger partial charge in [0.2, 0.25) is 17.7 Å². The average Bonchev–Trinajstić information content (AvgIpc) is 3.48. The van der Waals surface area contributed by atoms with E-state index in [-0.39, 0.29) is 36.7 Å². The van der Waals surface area contributed by atoms with Crippen LogP contribution >= 0.6 is 0 Å². The first-order chi connectivity index (χ1) is 16.5. The van der Waals surface area contributed by atoms with E-state index in [9.17, 15) is 14.4 Å². The van der Waals surface area contributed by atoms with Gasteiger partial charge in [-0.05, 0) is 48.3 Å². The maximum absolute atomic E-state index is 13.7. The minimum atomic E-state index is -1.16. The van der Waals surface area contributed by atoms with Crippen molar-refractivity contribution in [3.63, 3.8) is 0 Å². The normalized spacial score (nSPS) is 24.6. The molecule has 2 aromatic carbocycles. The first-order valence-electron chi connectivity index (χ1n) is 12.3. The van der Waals surface area contributed by atoms with Crippen molar-refractivity contribution < 1.29 is 19.1 Å². The van der Waals surface area contributed by atoms with E-state index < -0.39 is 5.41 Å². The number of carbonyl (C=O) groups excluding carboxylic acids is 3. The first kappa shape index (κ1) is 22.8. The van der Waals surface area contributed by atoms with Gasteiger partial charge in [0.05, 0.1) is 11.5 Å². The largest absolute Gasteiger partial charge is 0.376 e. The lowest BCUT2D eigenvalue weighted by atomic mass is 9.75. The number of rotatable bonds is 8. The van der Waals surface area contributed by atoms with E-state index >= 15 is 0 Å². The second-order valence-electron chi connectivity index (χ2n) is 10.0. The highest BCUT2D eigenvalue weighted by atomic mass is 16.5. The van der Waals surface area contributed by atoms with Crippen LogP contribution in [0.2, 0.25) is 0 Å². The van der Waals surface area contributed by atoms with Gasteiger partial charge in [0, 0.05) is 39.6 Å². The molecular weight excluding hydrogens is 428 g/mol. The fourth-order valence-corrected chi connectivity index (χ4v) is 5.26. The van der Waals surface area contributed by atoms with Crippen LogP contribution in [0, 0.1) is 5.92 Å². The molecule has 34 heavy (non-hydrogen) atoms. The Hall–Kier alpha value is -2.99. The van der Waals surface area contributed by atoms with Crippen LogP contribution in [0.5, 0.6) is 0 Å². The molecular formula is C28H32N2O4. The molecule has 3 amide bonds. The Balaban J connectivity index is 1.43. The number of likely N-dealkylation sites (tertiary alicyclic amines) is 1. The fraction of sp³-hybridized carbons (Fsp3) is 0.464. The van der Waals surface area contributed by atoms with Crippen molar-refractivity contribution in [2.45, 2.75) is 50.0 Å². The SMILES string of the molecule is CN1C(=O)C[C@@](CC(=O)N(CC2CC2)C[C@H]2CCCO2)(c2ccc(-c3ccccc3)cc2)C1=O. The van der Waals surface area contributed by atoms with Crippen LogP contribution < -0.4 is 0 Å². The molecule has 2 saturated heterocycles. The number of nitrogens with zero attached hydrogens (tertiary/aromatic N) is 2. The maximum atomic E-state index is 13.7. The Morgan fingerprint density at radius 1 is 1.00 bits per heavy atom. The Morgan fingerprint density at radius 2 is 1.71 bits per heavy atom. The van der Waals surface area contributed by atoms with Crippen molar-refractivity contribution in [1.82, 2.24) is 9.80 Å². The second-order valence-corrected chi connectivity index (χ2v) is 10.0. The Kier molecular flexibility index (Phi) is 6.26. The summed E-state index contributed by atoms with van der Waals surface area (Å²) in [7, 11) is 1.52. The maximum Gasteiger partial charge on any atom is 0.240 e. The lowest BCUT2D eigenvalue weighted by Gasteiger charge is -2.31. The molecule has 2 atom stereocenters. The molecule has 6 heteroatoms. The Bertz CT molecular complexity index is 1060. The standard InChI is InChI=1S/C28H32N2O4/c1-29-25(31)16-28(27(29)33,23-13-11-22(12-14-23)21-6-3-2-4-7-21)17-26(32)30(18-20-9-10-20)19-24-8-5-15-34-24/h2-4,6-7,11-14,20,24H,5,8-10,15-19H2,1H3/t24-,28-/m1/s1. The molecule has 0 N–H and O–H groups in total. The van der Waals surface area contributed by atoms with Crippen molar-refractivity contribution in [3.05, 3.63) is 60.2 Å². The van der Waals surface area contributed by atoms with Gasteiger partial charge in [-0.2, -0.15) is 0 Å². The van der Waals surface area contributed by atoms with Gasteiger partial charge < -0.3 is 9.64 Å². The molecule has 2 heterocycles. The number of ether oxygens (including phenoxy) is 1. The Morgan fingerprint density at radius 3 is 2.29 bits per heavy atom. The van der Waals surface area contributed by atoms with E-state index in [0.717, 1.165) is 49.0 Å². The van der Waals surface area contributed by atoms with Gasteiger partial charge in [-0.1, -0.05) is 54.6 Å². The molecule has 3 aliphatic rings. The minimum Gasteiger partial charge on any atom is -0.376 e. The topological polar surface area (TPSA) is 66.9 Å². The van der Waals surface area contributed by atoms with E-state index in [1.165, 1.54) is 11.9 Å². The zero-order valence-corrected chi connectivity index (χ0v) is 19.7. The molecule has 178 valence electrons. The molecule has 3 fully saturated rings. The molecule has 1 aliphatic carbocycles. The van der Waals surface area contributed by atoms with Gasteiger partial charge in [0.1, 0.15) is 0 Å². The molecule has 0 bridgehead atoms. The quantitative estimate of drug-likeness (QED) is 0.562. The van der Waals surface area contributed by atoms with Crippen molar-refractivity contribution in [2.75, 3.05) is 26.7 Å². The van der Waals surface area contributed by atoms with Crippen molar-refractivity contribution in [3.8, 4) is 11.1 Å². The number of amides is 3. The fourth-order valence-electron chi connectivity index (χ4n) is 5.26. The highest BCUT2D eigenvalue weighted by Gasteiger charge is 2.53. The second kappa shape index (κ2) is 9.34. The average molecular weight is 461 g/mol. The third-order valence-corrected chi connectivity index (χ3v) is 7.51. The minimum absolute atomic E-state index is 0.00599. The van der Waals surface area contributed by atoms with Crippen LogP contribution in [-0.4, -0.2) is 60.4 Å². The van der Waals surface area contributed by atoms with Gasteiger partial charge in [0.25, 0.3) is 0 Å². The zero-order valence-electron chi connectivity index (χ0n) is 19.7. The molecule has 0 spiro atoms. The van der Waals surface area contributed by atoms with E-state index in [0.29, 0.717) is 19.0 Å². The van der Waals surface area contributed by atoms with Crippen LogP contribution in [-0.2, 0) is 24.5 Å². The lowest BCUT2D eigenvalue weighted by molar-refractivity contribution is -0.142. The summed E-state index contributed by atoms with van der Waals surface area (Å²) in [5.41, 5.74) is 1.69. The van der Waals surface area contributed by atoms with Crippen molar-refractivity contribution in [2.24, 2.45) is 5.92 Å². The number of imide groups is 1. The summed E-state index contributed by atoms with van der Waals surface area (Å²) in [4.78, 5) is 42.8. The Labute approximate surface area is 200 Å². The van der Waals surface area contributed by atoms with Crippen LogP contribution in [0.1, 0.15) is 44.1 Å². The van der Waals surface area contributed by atoms with Gasteiger partial charge in [-0.25, -0.2) is 0 Å². The number of carbonyl (C=O) groups is 3. The van der Waals surface area contributed by atoms with Gasteiger partial charge in [0.15, 0.2) is 0 Å². The summed E-state index contributed by atoms with van der Waals surface area (Å²) >= 11 is 0. The number of hydrogen-bond acceptors (Lipinski definition) is 4. The van der Waals surface area contributed by atoms with Gasteiger partial charge in [-0.3, -0.25) is 19.3 Å². The van der Waals surface area contributed by atoms with E-state index in [1.54, 1.807) is 0 Å². The van der Waals surface area contributed by atoms with Crippen LogP contribution in [0.25, 0.3) is 11.1 Å². The summed E-state index contributed by atoms with van der Waals surface area (Å²) in [5, 5.41) is 0. The highest BCUT2D eigenvalue weighted by molar-refractivity contribution is 6.10. The van der Waals surface area contributed by atoms with Crippen molar-refractivity contribution >= 4 is 17.7 Å². The lowest BCUT2D eigenvalue weighted by Crippen LogP contribution is -2.45. The molecule has 5 rings (SSSR count). The van der Waals surface area contributed by atoms with Gasteiger partial charge in [-0.15, -0.1) is 0 Å². The summed E-state index contributed by atoms with van der Waals surface area (Å²) in [6.45, 7) is 2.02. The molecule has 2 aliphatic heterocycles. The van der Waals surface area contributed by atoms with Gasteiger partial charge >= 0.3 is 0 Å². The molecule has 0 radical (unpaired) electrons. The predicted octanol–water partition coefficient (Wildman–Crippen LogP) is 3.79. The summed E-state index contributed by atoms with van der Waals surface area (Å²) in [6.07, 6.45) is 4.35. The number of benzene rings is 2. The van der Waals surface area contributed by atoms with E-state index in [2.05, 4.69) is 0 Å². The van der Waals surface area contributed by atoms with Crippen LogP contribution in [0.3, 0.4) is 0 Å². The molecule has 1 saturated carbocycles. The smallest absolute Gasteiger partial charge is 0.240 e. The highest BCUT2D eigenvalue weighted by Crippen LogP contribution is 2.41. The molecule has 6 nitrogen and oxygen atoms in total. The third kappa shape index (κ3) is 4.51. The summed E-state index contributed by atoms with van der Waals surface area (Å²) in [5.74, 6) is -0.0550. The molecule has 0 unspecified atom stereocenters. The number of hydrogen-bond donors (Lipinski definition) is 0. The predicted molar refractivity (Wildman–Crippen MR) is 129 cm³/mol. The number of likely N-dealkylation sites (N-methyl/N-ethyl adjacent to an activating group) is 1. The molecule has 0 aromatic heterocycles. The van der Waals surface area contributed by atoms with Crippen molar-refractivity contribution in [1.29, 1.82) is 0 Å². The van der Waals surface area contributed by atoms with Crippen LogP contribution in [0.4, 0.5) is 0 Å². The zero-order chi connectivity index (χ0) is 23.7. The van der Waals surface area contributed by atoms with E-state index in [1.807, 2.05) is 59.5 Å².